The van der Waals surface area contributed by atoms with Gasteiger partial charge in [-0.25, -0.2) is 4.98 Å². The summed E-state index contributed by atoms with van der Waals surface area (Å²) in [6.07, 6.45) is 4.65. The predicted molar refractivity (Wildman–Crippen MR) is 103 cm³/mol. The first kappa shape index (κ1) is 16.7. The van der Waals surface area contributed by atoms with E-state index in [4.69, 9.17) is 0 Å². The number of thiazole rings is 1. The summed E-state index contributed by atoms with van der Waals surface area (Å²) in [4.78, 5) is 23.0. The van der Waals surface area contributed by atoms with Gasteiger partial charge in [-0.15, -0.1) is 11.3 Å². The summed E-state index contributed by atoms with van der Waals surface area (Å²) >= 11 is 1.60. The molecule has 25 heavy (non-hydrogen) atoms. The topological polar surface area (TPSA) is 36.4 Å². The highest BCUT2D eigenvalue weighted by Crippen LogP contribution is 2.35. The Hall–Kier alpha value is -1.72. The smallest absolute Gasteiger partial charge is 0.270 e. The molecule has 0 bridgehead atoms. The van der Waals surface area contributed by atoms with E-state index in [-0.39, 0.29) is 5.91 Å². The molecule has 0 N–H and O–H groups in total. The van der Waals surface area contributed by atoms with Gasteiger partial charge in [-0.1, -0.05) is 18.2 Å². The SMILES string of the molecule is Cc1nc(CC2CC2)sc1C(=O)N1CC(N(C)C)Cc2ccccc21. The summed E-state index contributed by atoms with van der Waals surface area (Å²) < 4.78 is 0. The van der Waals surface area contributed by atoms with Crippen LogP contribution in [0.1, 0.15) is 38.8 Å². The molecule has 1 atom stereocenters. The summed E-state index contributed by atoms with van der Waals surface area (Å²) in [6, 6.07) is 8.64. The molecule has 1 amide bonds. The van der Waals surface area contributed by atoms with E-state index in [0.29, 0.717) is 6.04 Å². The Morgan fingerprint density at radius 3 is 2.80 bits per heavy atom. The number of hydrogen-bond donors (Lipinski definition) is 0. The molecule has 1 aliphatic carbocycles. The second-order valence-corrected chi connectivity index (χ2v) is 8.62. The Balaban J connectivity index is 1.65. The molecule has 5 heteroatoms. The van der Waals surface area contributed by atoms with Crippen LogP contribution in [-0.2, 0) is 12.8 Å². The number of benzene rings is 1. The number of amides is 1. The number of aromatic nitrogens is 1. The van der Waals surface area contributed by atoms with Crippen molar-refractivity contribution in [1.82, 2.24) is 9.88 Å². The monoisotopic (exact) mass is 355 g/mol. The zero-order valence-corrected chi connectivity index (χ0v) is 16.0. The number of para-hydroxylation sites is 1. The van der Waals surface area contributed by atoms with E-state index in [9.17, 15) is 4.79 Å². The minimum atomic E-state index is 0.107. The third kappa shape index (κ3) is 3.35. The van der Waals surface area contributed by atoms with Gasteiger partial charge in [-0.05, 0) is 57.8 Å². The Labute approximate surface area is 153 Å². The largest absolute Gasteiger partial charge is 0.306 e. The van der Waals surface area contributed by atoms with Crippen molar-refractivity contribution < 1.29 is 4.79 Å². The number of hydrogen-bond acceptors (Lipinski definition) is 4. The van der Waals surface area contributed by atoms with Crippen LogP contribution in [0, 0.1) is 12.8 Å². The van der Waals surface area contributed by atoms with E-state index >= 15 is 0 Å². The van der Waals surface area contributed by atoms with Crippen LogP contribution < -0.4 is 4.90 Å². The van der Waals surface area contributed by atoms with Crippen molar-refractivity contribution in [2.45, 2.75) is 38.6 Å². The average Bonchev–Trinajstić information content (AvgIpc) is 3.34. The maximum atomic E-state index is 13.3. The molecule has 2 aliphatic rings. The Bertz CT molecular complexity index is 794. The standard InChI is InChI=1S/C20H25N3OS/c1-13-19(25-18(21-13)10-14-8-9-14)20(24)23-12-16(22(2)3)11-15-6-4-5-7-17(15)23/h4-7,14,16H,8-12H2,1-3H3. The van der Waals surface area contributed by atoms with Gasteiger partial charge >= 0.3 is 0 Å². The van der Waals surface area contributed by atoms with Crippen LogP contribution >= 0.6 is 11.3 Å². The van der Waals surface area contributed by atoms with E-state index < -0.39 is 0 Å². The molecule has 4 nitrogen and oxygen atoms in total. The van der Waals surface area contributed by atoms with Gasteiger partial charge in [0.2, 0.25) is 0 Å². The molecule has 4 rings (SSSR count). The normalized spacial score (nSPS) is 20.0. The molecule has 0 saturated heterocycles. The fraction of sp³-hybridized carbons (Fsp3) is 0.500. The average molecular weight is 356 g/mol. The summed E-state index contributed by atoms with van der Waals surface area (Å²) in [5, 5.41) is 1.12. The Kier molecular flexibility index (Phi) is 4.38. The van der Waals surface area contributed by atoms with Crippen LogP contribution in [0.5, 0.6) is 0 Å². The van der Waals surface area contributed by atoms with Gasteiger partial charge in [0.15, 0.2) is 0 Å². The van der Waals surface area contributed by atoms with Crippen molar-refractivity contribution in [1.29, 1.82) is 0 Å². The van der Waals surface area contributed by atoms with Crippen molar-refractivity contribution in [2.24, 2.45) is 5.92 Å². The lowest BCUT2D eigenvalue weighted by Gasteiger charge is -2.37. The van der Waals surface area contributed by atoms with Crippen molar-refractivity contribution in [3.8, 4) is 0 Å². The molecule has 132 valence electrons. The van der Waals surface area contributed by atoms with Gasteiger partial charge in [0.25, 0.3) is 5.91 Å². The highest BCUT2D eigenvalue weighted by molar-refractivity contribution is 7.14. The maximum Gasteiger partial charge on any atom is 0.270 e. The summed E-state index contributed by atoms with van der Waals surface area (Å²) in [5.74, 6) is 0.901. The van der Waals surface area contributed by atoms with Crippen molar-refractivity contribution in [2.75, 3.05) is 25.5 Å². The van der Waals surface area contributed by atoms with Crippen LogP contribution in [0.2, 0.25) is 0 Å². The zero-order valence-electron chi connectivity index (χ0n) is 15.2. The van der Waals surface area contributed by atoms with E-state index in [1.54, 1.807) is 11.3 Å². The van der Waals surface area contributed by atoms with E-state index in [1.807, 2.05) is 17.9 Å². The van der Waals surface area contributed by atoms with Gasteiger partial charge in [0.05, 0.1) is 10.7 Å². The molecular weight excluding hydrogens is 330 g/mol. The van der Waals surface area contributed by atoms with Crippen LogP contribution in [0.3, 0.4) is 0 Å². The fourth-order valence-corrected chi connectivity index (χ4v) is 4.67. The number of fused-ring (bicyclic) bond motifs is 1. The summed E-state index contributed by atoms with van der Waals surface area (Å²) in [5.41, 5.74) is 3.19. The number of carbonyl (C=O) groups excluding carboxylic acids is 1. The number of rotatable bonds is 4. The number of anilines is 1. The molecule has 0 radical (unpaired) electrons. The molecule has 1 saturated carbocycles. The molecule has 2 heterocycles. The summed E-state index contributed by atoms with van der Waals surface area (Å²) in [6.45, 7) is 2.71. The highest BCUT2D eigenvalue weighted by Gasteiger charge is 2.32. The third-order valence-electron chi connectivity index (χ3n) is 5.30. The van der Waals surface area contributed by atoms with E-state index in [1.165, 1.54) is 18.4 Å². The lowest BCUT2D eigenvalue weighted by molar-refractivity contribution is 0.0979. The fourth-order valence-electron chi connectivity index (χ4n) is 3.54. The molecule has 1 aliphatic heterocycles. The zero-order chi connectivity index (χ0) is 17.6. The first-order chi connectivity index (χ1) is 12.0. The quantitative estimate of drug-likeness (QED) is 0.842. The minimum Gasteiger partial charge on any atom is -0.306 e. The molecule has 0 spiro atoms. The third-order valence-corrected chi connectivity index (χ3v) is 6.47. The molecule has 1 aromatic carbocycles. The number of aryl methyl sites for hydroxylation is 1. The maximum absolute atomic E-state index is 13.3. The Morgan fingerprint density at radius 1 is 1.32 bits per heavy atom. The second-order valence-electron chi connectivity index (χ2n) is 7.54. The lowest BCUT2D eigenvalue weighted by Crippen LogP contribution is -2.48. The van der Waals surface area contributed by atoms with Crippen LogP contribution in [0.15, 0.2) is 24.3 Å². The predicted octanol–water partition coefficient (Wildman–Crippen LogP) is 3.54. The van der Waals surface area contributed by atoms with Crippen molar-refractivity contribution in [3.05, 3.63) is 45.4 Å². The molecule has 2 aromatic rings. The first-order valence-electron chi connectivity index (χ1n) is 9.05. The van der Waals surface area contributed by atoms with Crippen LogP contribution in [-0.4, -0.2) is 42.5 Å². The van der Waals surface area contributed by atoms with Gasteiger partial charge in [0, 0.05) is 24.7 Å². The van der Waals surface area contributed by atoms with Gasteiger partial charge < -0.3 is 9.80 Å². The van der Waals surface area contributed by atoms with E-state index in [2.05, 4.69) is 42.2 Å². The number of carbonyl (C=O) groups is 1. The Morgan fingerprint density at radius 2 is 2.08 bits per heavy atom. The van der Waals surface area contributed by atoms with Crippen LogP contribution in [0.4, 0.5) is 5.69 Å². The minimum absolute atomic E-state index is 0.107. The van der Waals surface area contributed by atoms with Gasteiger partial charge in [-0.3, -0.25) is 4.79 Å². The van der Waals surface area contributed by atoms with Crippen LogP contribution in [0.25, 0.3) is 0 Å². The van der Waals surface area contributed by atoms with Gasteiger partial charge in [0.1, 0.15) is 4.88 Å². The van der Waals surface area contributed by atoms with E-state index in [0.717, 1.165) is 46.6 Å². The number of nitrogens with zero attached hydrogens (tertiary/aromatic N) is 3. The number of likely N-dealkylation sites (N-methyl/N-ethyl adjacent to an activating group) is 1. The molecular formula is C20H25N3OS. The van der Waals surface area contributed by atoms with Crippen molar-refractivity contribution in [3.63, 3.8) is 0 Å². The molecule has 1 aromatic heterocycles. The second kappa shape index (κ2) is 6.54. The van der Waals surface area contributed by atoms with Crippen molar-refractivity contribution >= 4 is 22.9 Å². The highest BCUT2D eigenvalue weighted by atomic mass is 32.1. The van der Waals surface area contributed by atoms with Gasteiger partial charge in [-0.2, -0.15) is 0 Å². The first-order valence-corrected chi connectivity index (χ1v) is 9.87. The molecule has 1 fully saturated rings. The molecule has 1 unspecified atom stereocenters. The summed E-state index contributed by atoms with van der Waals surface area (Å²) in [7, 11) is 4.18. The lowest BCUT2D eigenvalue weighted by atomic mass is 9.97.